The molecule has 0 aliphatic carbocycles. The molecule has 1 N–H and O–H groups in total. The van der Waals surface area contributed by atoms with Crippen LogP contribution in [0.4, 0.5) is 0 Å². The van der Waals surface area contributed by atoms with E-state index in [9.17, 15) is 0 Å². The summed E-state index contributed by atoms with van der Waals surface area (Å²) in [4.78, 5) is 0. The maximum atomic E-state index is 8.86. The van der Waals surface area contributed by atoms with Gasteiger partial charge >= 0.3 is 0 Å². The fourth-order valence-corrected chi connectivity index (χ4v) is 1.35. The fourth-order valence-electron chi connectivity index (χ4n) is 1.35. The van der Waals surface area contributed by atoms with Gasteiger partial charge in [-0.25, -0.2) is 0 Å². The molecule has 0 aliphatic heterocycles. The first-order valence-corrected chi connectivity index (χ1v) is 5.62. The van der Waals surface area contributed by atoms with Gasteiger partial charge in [0.05, 0.1) is 6.61 Å². The highest BCUT2D eigenvalue weighted by molar-refractivity contribution is 5.10. The smallest absolute Gasteiger partial charge is 0.0615 e. The molecule has 0 unspecified atom stereocenters. The zero-order valence-corrected chi connectivity index (χ0v) is 9.84. The topological polar surface area (TPSA) is 20.2 Å². The van der Waals surface area contributed by atoms with E-state index < -0.39 is 0 Å². The lowest BCUT2D eigenvalue weighted by atomic mass is 10.0. The number of aliphatic hydroxyl groups excluding tert-OH is 1. The lowest BCUT2D eigenvalue weighted by Crippen LogP contribution is -1.87. The average molecular weight is 196 g/mol. The Bertz CT molecular complexity index is 185. The molecule has 82 valence electrons. The van der Waals surface area contributed by atoms with E-state index in [0.717, 1.165) is 12.8 Å². The first kappa shape index (κ1) is 13.4. The van der Waals surface area contributed by atoms with E-state index in [-0.39, 0.29) is 6.61 Å². The van der Waals surface area contributed by atoms with Gasteiger partial charge in [-0.1, -0.05) is 43.1 Å². The van der Waals surface area contributed by atoms with Crippen LogP contribution < -0.4 is 0 Å². The maximum absolute atomic E-state index is 8.86. The molecule has 0 radical (unpaired) electrons. The van der Waals surface area contributed by atoms with E-state index in [1.807, 2.05) is 6.08 Å². The third-order valence-corrected chi connectivity index (χ3v) is 2.25. The van der Waals surface area contributed by atoms with E-state index in [1.165, 1.54) is 30.4 Å². The summed E-state index contributed by atoms with van der Waals surface area (Å²) in [7, 11) is 0. The molecule has 0 spiro atoms. The Kier molecular flexibility index (Phi) is 8.65. The summed E-state index contributed by atoms with van der Waals surface area (Å²) >= 11 is 0. The minimum atomic E-state index is 0.179. The molecule has 0 saturated heterocycles. The molecule has 0 bridgehead atoms. The van der Waals surface area contributed by atoms with E-state index in [0.29, 0.717) is 0 Å². The van der Waals surface area contributed by atoms with E-state index in [1.54, 1.807) is 0 Å². The normalized spacial score (nSPS) is 11.6. The Morgan fingerprint density at radius 2 is 1.86 bits per heavy atom. The van der Waals surface area contributed by atoms with E-state index in [2.05, 4.69) is 26.8 Å². The van der Waals surface area contributed by atoms with Crippen molar-refractivity contribution in [2.45, 2.75) is 52.9 Å². The number of allylic oxidation sites excluding steroid dienone is 3. The van der Waals surface area contributed by atoms with Gasteiger partial charge in [0.2, 0.25) is 0 Å². The van der Waals surface area contributed by atoms with Crippen LogP contribution in [0.15, 0.2) is 23.3 Å². The molecular weight excluding hydrogens is 172 g/mol. The monoisotopic (exact) mass is 196 g/mol. The van der Waals surface area contributed by atoms with Gasteiger partial charge in [-0.05, 0) is 33.1 Å². The lowest BCUT2D eigenvalue weighted by molar-refractivity contribution is 0.341. The summed E-state index contributed by atoms with van der Waals surface area (Å²) in [5.41, 5.74) is 2.73. The fraction of sp³-hybridized carbons (Fsp3) is 0.692. The minimum absolute atomic E-state index is 0.179. The first-order chi connectivity index (χ1) is 6.70. The molecule has 14 heavy (non-hydrogen) atoms. The number of unbranched alkanes of at least 4 members (excludes halogenated alkanes) is 2. The molecular formula is C13H24O. The van der Waals surface area contributed by atoms with Crippen molar-refractivity contribution in [1.82, 2.24) is 0 Å². The summed E-state index contributed by atoms with van der Waals surface area (Å²) in [5, 5.41) is 8.86. The average Bonchev–Trinajstić information content (AvgIpc) is 2.14. The van der Waals surface area contributed by atoms with Crippen molar-refractivity contribution < 1.29 is 5.11 Å². The first-order valence-electron chi connectivity index (χ1n) is 5.62. The molecule has 0 atom stereocenters. The van der Waals surface area contributed by atoms with Crippen LogP contribution in [0.25, 0.3) is 0 Å². The third kappa shape index (κ3) is 8.06. The van der Waals surface area contributed by atoms with Crippen LogP contribution in [0.2, 0.25) is 0 Å². The molecule has 0 aromatic carbocycles. The van der Waals surface area contributed by atoms with Gasteiger partial charge in [0, 0.05) is 0 Å². The van der Waals surface area contributed by atoms with Gasteiger partial charge in [0.1, 0.15) is 0 Å². The van der Waals surface area contributed by atoms with Gasteiger partial charge in [0.15, 0.2) is 0 Å². The second-order valence-electron chi connectivity index (χ2n) is 3.99. The zero-order chi connectivity index (χ0) is 10.8. The molecule has 0 aromatic rings. The Balaban J connectivity index is 3.91. The molecule has 0 saturated carbocycles. The van der Waals surface area contributed by atoms with Gasteiger partial charge in [-0.15, -0.1) is 0 Å². The van der Waals surface area contributed by atoms with Crippen LogP contribution in [-0.4, -0.2) is 11.7 Å². The highest BCUT2D eigenvalue weighted by Gasteiger charge is 1.95. The lowest BCUT2D eigenvalue weighted by Gasteiger charge is -2.04. The molecule has 0 aromatic heterocycles. The van der Waals surface area contributed by atoms with Crippen LogP contribution in [0.5, 0.6) is 0 Å². The summed E-state index contributed by atoms with van der Waals surface area (Å²) in [5.74, 6) is 0. The molecule has 0 fully saturated rings. The Labute approximate surface area is 88.5 Å². The largest absolute Gasteiger partial charge is 0.392 e. The van der Waals surface area contributed by atoms with Crippen LogP contribution in [0.3, 0.4) is 0 Å². The Morgan fingerprint density at radius 1 is 1.14 bits per heavy atom. The summed E-state index contributed by atoms with van der Waals surface area (Å²) < 4.78 is 0. The third-order valence-electron chi connectivity index (χ3n) is 2.25. The molecule has 1 heteroatoms. The zero-order valence-electron chi connectivity index (χ0n) is 9.84. The quantitative estimate of drug-likeness (QED) is 0.484. The molecule has 0 aliphatic rings. The second-order valence-corrected chi connectivity index (χ2v) is 3.99. The highest BCUT2D eigenvalue weighted by Crippen LogP contribution is 2.14. The Hall–Kier alpha value is -0.560. The summed E-state index contributed by atoms with van der Waals surface area (Å²) in [6.07, 6.45) is 10.1. The Morgan fingerprint density at radius 3 is 2.36 bits per heavy atom. The highest BCUT2D eigenvalue weighted by atomic mass is 16.2. The van der Waals surface area contributed by atoms with Crippen molar-refractivity contribution >= 4 is 0 Å². The van der Waals surface area contributed by atoms with Crippen molar-refractivity contribution in [3.05, 3.63) is 23.3 Å². The van der Waals surface area contributed by atoms with Crippen molar-refractivity contribution in [2.24, 2.45) is 0 Å². The van der Waals surface area contributed by atoms with Gasteiger partial charge in [-0.3, -0.25) is 0 Å². The molecule has 0 heterocycles. The standard InChI is InChI=1S/C13H24O/c1-4-5-6-7-13(10-11-14)9-8-12(2)3/h8,10,14H,4-7,9,11H2,1-3H3. The number of hydrogen-bond acceptors (Lipinski definition) is 1. The molecule has 0 amide bonds. The van der Waals surface area contributed by atoms with E-state index in [4.69, 9.17) is 5.11 Å². The molecule has 1 nitrogen and oxygen atoms in total. The summed E-state index contributed by atoms with van der Waals surface area (Å²) in [6.45, 7) is 6.62. The van der Waals surface area contributed by atoms with Crippen molar-refractivity contribution in [2.75, 3.05) is 6.61 Å². The van der Waals surface area contributed by atoms with Crippen molar-refractivity contribution in [3.63, 3.8) is 0 Å². The summed E-state index contributed by atoms with van der Waals surface area (Å²) in [6, 6.07) is 0. The van der Waals surface area contributed by atoms with Crippen molar-refractivity contribution in [1.29, 1.82) is 0 Å². The number of hydrogen-bond donors (Lipinski definition) is 1. The number of rotatable bonds is 7. The van der Waals surface area contributed by atoms with Gasteiger partial charge in [-0.2, -0.15) is 0 Å². The number of aliphatic hydroxyl groups is 1. The van der Waals surface area contributed by atoms with Crippen LogP contribution in [-0.2, 0) is 0 Å². The maximum Gasteiger partial charge on any atom is 0.0615 e. The van der Waals surface area contributed by atoms with Crippen LogP contribution in [0, 0.1) is 0 Å². The predicted molar refractivity (Wildman–Crippen MR) is 63.4 cm³/mol. The molecule has 0 rings (SSSR count). The van der Waals surface area contributed by atoms with Gasteiger partial charge < -0.3 is 5.11 Å². The minimum Gasteiger partial charge on any atom is -0.392 e. The second kappa shape index (κ2) is 9.01. The van der Waals surface area contributed by atoms with Gasteiger partial charge in [0.25, 0.3) is 0 Å². The van der Waals surface area contributed by atoms with Crippen LogP contribution in [0.1, 0.15) is 52.9 Å². The van der Waals surface area contributed by atoms with Crippen molar-refractivity contribution in [3.8, 4) is 0 Å². The SMILES string of the molecule is CCCCCC(=CCO)CC=C(C)C. The van der Waals surface area contributed by atoms with Crippen LogP contribution >= 0.6 is 0 Å². The predicted octanol–water partition coefficient (Wildman–Crippen LogP) is 3.84. The van der Waals surface area contributed by atoms with E-state index >= 15 is 0 Å².